The van der Waals surface area contributed by atoms with Gasteiger partial charge in [-0.2, -0.15) is 9.50 Å². The van der Waals surface area contributed by atoms with E-state index < -0.39 is 5.60 Å². The highest BCUT2D eigenvalue weighted by Gasteiger charge is 2.50. The van der Waals surface area contributed by atoms with Crippen molar-refractivity contribution in [1.29, 1.82) is 0 Å². The molecule has 8 heteroatoms. The Bertz CT molecular complexity index is 1430. The molecule has 8 nitrogen and oxygen atoms in total. The number of nitrogens with one attached hydrogen (secondary N) is 2. The largest absolute Gasteiger partial charge is 0.359 e. The number of carbonyl (C=O) groups is 1. The first kappa shape index (κ1) is 22.7. The van der Waals surface area contributed by atoms with E-state index in [-0.39, 0.29) is 29.4 Å². The number of aromatic nitrogens is 4. The Kier molecular flexibility index (Phi) is 5.68. The Morgan fingerprint density at radius 2 is 1.64 bits per heavy atom. The molecule has 2 N–H and O–H groups in total. The first-order chi connectivity index (χ1) is 17.6. The van der Waals surface area contributed by atoms with Crippen LogP contribution in [-0.2, 0) is 21.7 Å². The number of hydrogen-bond donors (Lipinski definition) is 2. The van der Waals surface area contributed by atoms with Crippen LogP contribution in [0.1, 0.15) is 56.2 Å². The van der Waals surface area contributed by atoms with Crippen molar-refractivity contribution in [2.45, 2.75) is 62.7 Å². The Hall–Kier alpha value is -3.78. The summed E-state index contributed by atoms with van der Waals surface area (Å²) in [5.74, 6) is 0.785. The molecule has 36 heavy (non-hydrogen) atoms. The number of hydrogen-bond acceptors (Lipinski definition) is 5. The number of fused-ring (bicyclic) bond motifs is 1. The number of aromatic amines is 1. The lowest BCUT2D eigenvalue weighted by Crippen LogP contribution is -2.53. The van der Waals surface area contributed by atoms with Crippen molar-refractivity contribution in [2.75, 3.05) is 0 Å². The van der Waals surface area contributed by atoms with Gasteiger partial charge >= 0.3 is 0 Å². The minimum atomic E-state index is -0.920. The fraction of sp³-hybridized carbons (Fsp3) is 0.357. The van der Waals surface area contributed by atoms with Gasteiger partial charge < -0.3 is 10.1 Å². The van der Waals surface area contributed by atoms with Crippen LogP contribution in [0.5, 0.6) is 0 Å². The normalized spacial score (nSPS) is 18.1. The van der Waals surface area contributed by atoms with E-state index in [1.54, 1.807) is 0 Å². The lowest BCUT2D eigenvalue weighted by Gasteiger charge is -2.37. The van der Waals surface area contributed by atoms with E-state index in [1.165, 1.54) is 10.6 Å². The van der Waals surface area contributed by atoms with Crippen molar-refractivity contribution < 1.29 is 9.53 Å². The van der Waals surface area contributed by atoms with Gasteiger partial charge in [-0.3, -0.25) is 14.7 Å². The lowest BCUT2D eigenvalue weighted by molar-refractivity contribution is -0.155. The van der Waals surface area contributed by atoms with Crippen LogP contribution < -0.4 is 10.9 Å². The number of nitrogens with zero attached hydrogens (tertiary/aromatic N) is 3. The number of rotatable bonds is 7. The SMILES string of the molecule is O=C(NC1(c2ccccc2)CC1)C1(OCc2cc(=O)n3[nH]c(-c4ccccc4)nc3n2)CCCCC1. The first-order valence-electron chi connectivity index (χ1n) is 12.6. The summed E-state index contributed by atoms with van der Waals surface area (Å²) < 4.78 is 7.69. The van der Waals surface area contributed by atoms with Crippen LogP contribution in [0, 0.1) is 0 Å². The van der Waals surface area contributed by atoms with Gasteiger partial charge in [0, 0.05) is 11.6 Å². The van der Waals surface area contributed by atoms with Crippen LogP contribution >= 0.6 is 0 Å². The second-order valence-corrected chi connectivity index (χ2v) is 9.91. The molecule has 0 aliphatic heterocycles. The molecule has 0 atom stereocenters. The Morgan fingerprint density at radius 1 is 0.944 bits per heavy atom. The van der Waals surface area contributed by atoms with Crippen LogP contribution in [0.2, 0.25) is 0 Å². The van der Waals surface area contributed by atoms with Crippen LogP contribution in [0.25, 0.3) is 17.2 Å². The van der Waals surface area contributed by atoms with E-state index in [4.69, 9.17) is 4.74 Å². The molecule has 4 aromatic rings. The molecule has 2 aliphatic carbocycles. The standard InChI is InChI=1S/C28H29N5O3/c34-23-18-22(29-26-30-24(32-33(23)26)20-10-4-1-5-11-20)19-36-28(14-8-3-9-15-28)25(35)31-27(16-17-27)21-12-6-2-7-13-21/h1-2,4-7,10-13,18H,3,8-9,14-17,19H2,(H,31,35)(H,29,30,32). The van der Waals surface area contributed by atoms with Gasteiger partial charge in [0.1, 0.15) is 5.60 Å². The highest BCUT2D eigenvalue weighted by molar-refractivity contribution is 5.86. The Labute approximate surface area is 208 Å². The molecule has 2 aromatic heterocycles. The van der Waals surface area contributed by atoms with Crippen molar-refractivity contribution in [3.8, 4) is 11.4 Å². The Morgan fingerprint density at radius 3 is 2.33 bits per heavy atom. The zero-order valence-electron chi connectivity index (χ0n) is 20.1. The molecule has 2 aliphatic rings. The quantitative estimate of drug-likeness (QED) is 0.412. The zero-order valence-corrected chi connectivity index (χ0v) is 20.1. The maximum atomic E-state index is 13.7. The van der Waals surface area contributed by atoms with E-state index in [0.717, 1.165) is 43.2 Å². The van der Waals surface area contributed by atoms with Crippen LogP contribution in [-0.4, -0.2) is 31.1 Å². The average molecular weight is 484 g/mol. The minimum absolute atomic E-state index is 0.0625. The molecule has 0 spiro atoms. The predicted molar refractivity (Wildman–Crippen MR) is 135 cm³/mol. The highest BCUT2D eigenvalue weighted by atomic mass is 16.5. The molecule has 2 saturated carbocycles. The molecule has 2 fully saturated rings. The van der Waals surface area contributed by atoms with Gasteiger partial charge in [-0.05, 0) is 31.2 Å². The molecule has 1 amide bonds. The molecule has 6 rings (SSSR count). The number of H-pyrrole nitrogens is 1. The van der Waals surface area contributed by atoms with Crippen LogP contribution in [0.3, 0.4) is 0 Å². The van der Waals surface area contributed by atoms with E-state index >= 15 is 0 Å². The van der Waals surface area contributed by atoms with Gasteiger partial charge in [-0.1, -0.05) is 79.9 Å². The number of ether oxygens (including phenoxy) is 1. The molecule has 0 saturated heterocycles. The highest BCUT2D eigenvalue weighted by Crippen LogP contribution is 2.46. The maximum Gasteiger partial charge on any atom is 0.274 e. The van der Waals surface area contributed by atoms with Gasteiger partial charge in [-0.25, -0.2) is 4.98 Å². The Balaban J connectivity index is 1.23. The molecule has 2 aromatic carbocycles. The van der Waals surface area contributed by atoms with Crippen molar-refractivity contribution in [3.05, 3.63) is 88.3 Å². The zero-order chi connectivity index (χ0) is 24.6. The molecule has 0 bridgehead atoms. The number of carbonyl (C=O) groups excluding carboxylic acids is 1. The molecule has 0 unspecified atom stereocenters. The van der Waals surface area contributed by atoms with E-state index in [1.807, 2.05) is 48.5 Å². The summed E-state index contributed by atoms with van der Waals surface area (Å²) in [6.45, 7) is 0.0744. The van der Waals surface area contributed by atoms with Crippen molar-refractivity contribution in [3.63, 3.8) is 0 Å². The van der Waals surface area contributed by atoms with E-state index in [0.29, 0.717) is 24.4 Å². The summed E-state index contributed by atoms with van der Waals surface area (Å²) in [5, 5.41) is 6.34. The molecule has 2 heterocycles. The third kappa shape index (κ3) is 4.22. The molecule has 0 radical (unpaired) electrons. The van der Waals surface area contributed by atoms with Crippen LogP contribution in [0.4, 0.5) is 0 Å². The van der Waals surface area contributed by atoms with Gasteiger partial charge in [0.25, 0.3) is 17.2 Å². The summed E-state index contributed by atoms with van der Waals surface area (Å²) in [7, 11) is 0. The smallest absolute Gasteiger partial charge is 0.274 e. The summed E-state index contributed by atoms with van der Waals surface area (Å²) in [4.78, 5) is 35.5. The number of benzene rings is 2. The summed E-state index contributed by atoms with van der Waals surface area (Å²) in [6, 6.07) is 21.2. The molecular formula is C28H29N5O3. The van der Waals surface area contributed by atoms with Gasteiger partial charge in [0.15, 0.2) is 5.82 Å². The number of amides is 1. The average Bonchev–Trinajstić information content (AvgIpc) is 3.57. The van der Waals surface area contributed by atoms with Crippen molar-refractivity contribution >= 4 is 11.7 Å². The lowest BCUT2D eigenvalue weighted by atomic mass is 9.83. The predicted octanol–water partition coefficient (Wildman–Crippen LogP) is 4.11. The topological polar surface area (TPSA) is 101 Å². The third-order valence-corrected chi connectivity index (χ3v) is 7.43. The third-order valence-electron chi connectivity index (χ3n) is 7.43. The van der Waals surface area contributed by atoms with Crippen LogP contribution in [0.15, 0.2) is 71.5 Å². The maximum absolute atomic E-state index is 13.7. The summed E-state index contributed by atoms with van der Waals surface area (Å²) in [6.07, 6.45) is 6.12. The first-order valence-corrected chi connectivity index (χ1v) is 12.6. The van der Waals surface area contributed by atoms with Crippen molar-refractivity contribution in [1.82, 2.24) is 24.9 Å². The summed E-state index contributed by atoms with van der Waals surface area (Å²) >= 11 is 0. The van der Waals surface area contributed by atoms with Crippen molar-refractivity contribution in [2.24, 2.45) is 0 Å². The monoisotopic (exact) mass is 483 g/mol. The van der Waals surface area contributed by atoms with Gasteiger partial charge in [0.05, 0.1) is 17.8 Å². The van der Waals surface area contributed by atoms with Gasteiger partial charge in [-0.15, -0.1) is 0 Å². The second-order valence-electron chi connectivity index (χ2n) is 9.91. The molecule has 184 valence electrons. The molecular weight excluding hydrogens is 454 g/mol. The fourth-order valence-corrected chi connectivity index (χ4v) is 5.20. The van der Waals surface area contributed by atoms with E-state index in [2.05, 4.69) is 32.5 Å². The van der Waals surface area contributed by atoms with Gasteiger partial charge in [0.2, 0.25) is 0 Å². The second kappa shape index (κ2) is 9.02. The summed E-state index contributed by atoms with van der Waals surface area (Å²) in [5.41, 5.74) is 0.980. The van der Waals surface area contributed by atoms with E-state index in [9.17, 15) is 9.59 Å². The fourth-order valence-electron chi connectivity index (χ4n) is 5.20. The minimum Gasteiger partial charge on any atom is -0.359 e.